The maximum absolute atomic E-state index is 13.2. The molecule has 0 aliphatic rings. The van der Waals surface area contributed by atoms with Gasteiger partial charge in [-0.05, 0) is 11.6 Å². The van der Waals surface area contributed by atoms with Gasteiger partial charge < -0.3 is 4.74 Å². The first-order chi connectivity index (χ1) is 7.74. The van der Waals surface area contributed by atoms with Crippen LogP contribution in [0.15, 0.2) is 36.4 Å². The normalized spacial score (nSPS) is 12.0. The topological polar surface area (TPSA) is 26.3 Å². The van der Waals surface area contributed by atoms with Crippen molar-refractivity contribution in [2.45, 2.75) is 6.17 Å². The second kappa shape index (κ2) is 6.41. The van der Waals surface area contributed by atoms with Gasteiger partial charge in [-0.15, -0.1) is 6.42 Å². The van der Waals surface area contributed by atoms with Crippen LogP contribution < -0.4 is 0 Å². The number of hydrogen-bond acceptors (Lipinski definition) is 2. The summed E-state index contributed by atoms with van der Waals surface area (Å²) in [4.78, 5) is 11.0. The van der Waals surface area contributed by atoms with Gasteiger partial charge in [-0.2, -0.15) is 0 Å². The number of hydrogen-bond donors (Lipinski definition) is 0. The number of rotatable bonds is 4. The van der Waals surface area contributed by atoms with E-state index in [9.17, 15) is 9.18 Å². The molecule has 0 N–H and O–H groups in total. The molecule has 82 valence electrons. The lowest BCUT2D eigenvalue weighted by Gasteiger charge is -2.01. The van der Waals surface area contributed by atoms with Crippen molar-refractivity contribution in [3.05, 3.63) is 42.0 Å². The minimum atomic E-state index is -1.78. The van der Waals surface area contributed by atoms with Gasteiger partial charge in [0.05, 0.1) is 0 Å². The van der Waals surface area contributed by atoms with Crippen LogP contribution in [0.2, 0.25) is 0 Å². The molecule has 1 atom stereocenters. The van der Waals surface area contributed by atoms with Crippen molar-refractivity contribution >= 4 is 12.0 Å². The molecule has 0 spiro atoms. The number of carbonyl (C=O) groups excluding carboxylic acids is 1. The highest BCUT2D eigenvalue weighted by molar-refractivity contribution is 5.78. The number of benzene rings is 1. The van der Waals surface area contributed by atoms with E-state index in [0.717, 1.165) is 11.6 Å². The van der Waals surface area contributed by atoms with E-state index in [0.29, 0.717) is 0 Å². The molecular formula is C13H11FO2. The Morgan fingerprint density at radius 1 is 1.50 bits per heavy atom. The Balaban J connectivity index is 2.51. The number of halogens is 1. The average molecular weight is 218 g/mol. The van der Waals surface area contributed by atoms with Crippen LogP contribution in [-0.2, 0) is 9.53 Å². The minimum absolute atomic E-state index is 0.210. The zero-order chi connectivity index (χ0) is 11.8. The molecule has 1 rings (SSSR count). The molecule has 0 aromatic heterocycles. The van der Waals surface area contributed by atoms with Crippen molar-refractivity contribution in [1.29, 1.82) is 0 Å². The van der Waals surface area contributed by atoms with E-state index in [4.69, 9.17) is 6.42 Å². The second-order valence-electron chi connectivity index (χ2n) is 2.98. The van der Waals surface area contributed by atoms with Crippen LogP contribution in [0.1, 0.15) is 5.56 Å². The second-order valence-corrected chi connectivity index (χ2v) is 2.98. The molecule has 0 aliphatic carbocycles. The van der Waals surface area contributed by atoms with E-state index in [1.54, 1.807) is 12.1 Å². The Bertz CT molecular complexity index is 404. The fraction of sp³-hybridized carbons (Fsp3) is 0.154. The number of esters is 1. The molecule has 1 aromatic rings. The lowest BCUT2D eigenvalue weighted by Crippen LogP contribution is -2.16. The Morgan fingerprint density at radius 2 is 2.19 bits per heavy atom. The molecule has 3 heteroatoms. The molecule has 0 saturated heterocycles. The van der Waals surface area contributed by atoms with Crippen molar-refractivity contribution in [2.75, 3.05) is 6.61 Å². The third kappa shape index (κ3) is 3.97. The predicted molar refractivity (Wildman–Crippen MR) is 60.2 cm³/mol. The largest absolute Gasteiger partial charge is 0.450 e. The van der Waals surface area contributed by atoms with Crippen LogP contribution in [0.4, 0.5) is 4.39 Å². The van der Waals surface area contributed by atoms with Crippen LogP contribution in [0.25, 0.3) is 6.08 Å². The molecule has 0 fully saturated rings. The quantitative estimate of drug-likeness (QED) is 0.572. The molecule has 0 amide bonds. The van der Waals surface area contributed by atoms with Gasteiger partial charge in [0.2, 0.25) is 6.17 Å². The maximum Gasteiger partial charge on any atom is 0.345 e. The highest BCUT2D eigenvalue weighted by Gasteiger charge is 2.14. The summed E-state index contributed by atoms with van der Waals surface area (Å²) in [5.41, 5.74) is 0.815. The average Bonchev–Trinajstić information content (AvgIpc) is 2.34. The van der Waals surface area contributed by atoms with Crippen molar-refractivity contribution in [3.8, 4) is 12.3 Å². The van der Waals surface area contributed by atoms with Crippen LogP contribution >= 0.6 is 0 Å². The molecule has 0 aliphatic heterocycles. The number of ether oxygens (including phenoxy) is 1. The lowest BCUT2D eigenvalue weighted by molar-refractivity contribution is -0.146. The summed E-state index contributed by atoms with van der Waals surface area (Å²) in [6, 6.07) is 9.10. The molecular weight excluding hydrogens is 207 g/mol. The van der Waals surface area contributed by atoms with Gasteiger partial charge in [0, 0.05) is 0 Å². The number of alkyl halides is 1. The molecule has 0 unspecified atom stereocenters. The zero-order valence-corrected chi connectivity index (χ0v) is 8.60. The minimum Gasteiger partial charge on any atom is -0.450 e. The standard InChI is InChI=1S/C13H11FO2/c1-2-10-16-13(15)12(14)9-8-11-6-4-3-5-7-11/h1,3-9,12H,10H2/b9-8+/t12-/m1/s1. The SMILES string of the molecule is C#CCOC(=O)[C@H](F)/C=C/c1ccccc1. The van der Waals surface area contributed by atoms with E-state index < -0.39 is 12.1 Å². The smallest absolute Gasteiger partial charge is 0.345 e. The van der Waals surface area contributed by atoms with E-state index in [1.165, 1.54) is 6.08 Å². The van der Waals surface area contributed by atoms with Gasteiger partial charge in [-0.3, -0.25) is 0 Å². The van der Waals surface area contributed by atoms with Crippen molar-refractivity contribution in [3.63, 3.8) is 0 Å². The molecule has 0 heterocycles. The van der Waals surface area contributed by atoms with Gasteiger partial charge in [0.1, 0.15) is 0 Å². The summed E-state index contributed by atoms with van der Waals surface area (Å²) in [6.07, 6.45) is 5.74. The third-order valence-corrected chi connectivity index (χ3v) is 1.78. The predicted octanol–water partition coefficient (Wildman–Crippen LogP) is 2.21. The number of terminal acetylenes is 1. The molecule has 0 radical (unpaired) electrons. The van der Waals surface area contributed by atoms with E-state index in [2.05, 4.69) is 10.7 Å². The Kier molecular flexibility index (Phi) is 4.81. The van der Waals surface area contributed by atoms with Crippen LogP contribution in [0.3, 0.4) is 0 Å². The lowest BCUT2D eigenvalue weighted by atomic mass is 10.2. The summed E-state index contributed by atoms with van der Waals surface area (Å²) in [7, 11) is 0. The maximum atomic E-state index is 13.2. The first kappa shape index (κ1) is 12.0. The Morgan fingerprint density at radius 3 is 2.81 bits per heavy atom. The van der Waals surface area contributed by atoms with Gasteiger partial charge in [-0.25, -0.2) is 9.18 Å². The first-order valence-electron chi connectivity index (χ1n) is 4.71. The summed E-state index contributed by atoms with van der Waals surface area (Å²) >= 11 is 0. The van der Waals surface area contributed by atoms with E-state index in [-0.39, 0.29) is 6.61 Å². The van der Waals surface area contributed by atoms with Crippen LogP contribution in [0, 0.1) is 12.3 Å². The summed E-state index contributed by atoms with van der Waals surface area (Å²) < 4.78 is 17.6. The molecule has 16 heavy (non-hydrogen) atoms. The first-order valence-corrected chi connectivity index (χ1v) is 4.71. The van der Waals surface area contributed by atoms with Crippen molar-refractivity contribution in [1.82, 2.24) is 0 Å². The van der Waals surface area contributed by atoms with Gasteiger partial charge in [-0.1, -0.05) is 42.3 Å². The molecule has 0 saturated carbocycles. The fourth-order valence-corrected chi connectivity index (χ4v) is 1.03. The summed E-state index contributed by atoms with van der Waals surface area (Å²) in [6.45, 7) is -0.210. The monoisotopic (exact) mass is 218 g/mol. The number of carbonyl (C=O) groups is 1. The molecule has 1 aromatic carbocycles. The highest BCUT2D eigenvalue weighted by Crippen LogP contribution is 2.04. The van der Waals surface area contributed by atoms with Crippen molar-refractivity contribution in [2.24, 2.45) is 0 Å². The third-order valence-electron chi connectivity index (χ3n) is 1.78. The fourth-order valence-electron chi connectivity index (χ4n) is 1.03. The summed E-state index contributed by atoms with van der Waals surface area (Å²) in [5, 5.41) is 0. The van der Waals surface area contributed by atoms with E-state index >= 15 is 0 Å². The van der Waals surface area contributed by atoms with Gasteiger partial charge in [0.15, 0.2) is 6.61 Å². The Hall–Kier alpha value is -2.08. The molecule has 0 bridgehead atoms. The highest BCUT2D eigenvalue weighted by atomic mass is 19.1. The molecule has 2 nitrogen and oxygen atoms in total. The van der Waals surface area contributed by atoms with Gasteiger partial charge in [0.25, 0.3) is 0 Å². The van der Waals surface area contributed by atoms with Gasteiger partial charge >= 0.3 is 5.97 Å². The van der Waals surface area contributed by atoms with Crippen LogP contribution in [0.5, 0.6) is 0 Å². The van der Waals surface area contributed by atoms with E-state index in [1.807, 2.05) is 18.2 Å². The van der Waals surface area contributed by atoms with Crippen LogP contribution in [-0.4, -0.2) is 18.7 Å². The van der Waals surface area contributed by atoms with Crippen molar-refractivity contribution < 1.29 is 13.9 Å². The summed E-state index contributed by atoms with van der Waals surface area (Å²) in [5.74, 6) is 1.13. The Labute approximate surface area is 93.7 Å². The zero-order valence-electron chi connectivity index (χ0n) is 8.60.